The summed E-state index contributed by atoms with van der Waals surface area (Å²) in [5.41, 5.74) is 3.50. The van der Waals surface area contributed by atoms with Crippen LogP contribution in [0.1, 0.15) is 27.4 Å². The zero-order valence-corrected chi connectivity index (χ0v) is 10.4. The van der Waals surface area contributed by atoms with Crippen LogP contribution in [-0.4, -0.2) is 32.6 Å². The molecule has 0 bridgehead atoms. The van der Waals surface area contributed by atoms with Crippen LogP contribution in [0.15, 0.2) is 18.6 Å². The fourth-order valence-corrected chi connectivity index (χ4v) is 1.75. The molecular formula is C12H15N5O. The molecule has 0 spiro atoms. The van der Waals surface area contributed by atoms with Gasteiger partial charge in [-0.1, -0.05) is 0 Å². The molecule has 2 rings (SSSR count). The molecule has 18 heavy (non-hydrogen) atoms. The number of hydrogen-bond donors (Lipinski definition) is 2. The predicted molar refractivity (Wildman–Crippen MR) is 66.1 cm³/mol. The number of aryl methyl sites for hydroxylation is 2. The van der Waals surface area contributed by atoms with Gasteiger partial charge in [0.05, 0.1) is 11.9 Å². The van der Waals surface area contributed by atoms with Crippen LogP contribution in [0.5, 0.6) is 0 Å². The Morgan fingerprint density at radius 2 is 2.22 bits per heavy atom. The fraction of sp³-hybridized carbons (Fsp3) is 0.333. The summed E-state index contributed by atoms with van der Waals surface area (Å²) in [6.07, 6.45) is 5.23. The lowest BCUT2D eigenvalue weighted by molar-refractivity contribution is 0.0948. The Morgan fingerprint density at radius 1 is 1.39 bits per heavy atom. The Bertz CT molecular complexity index is 515. The average Bonchev–Trinajstić information content (AvgIpc) is 2.71. The molecule has 0 aliphatic heterocycles. The lowest BCUT2D eigenvalue weighted by atomic mass is 10.1. The number of nitrogens with one attached hydrogen (secondary N) is 2. The number of rotatable bonds is 4. The van der Waals surface area contributed by atoms with E-state index >= 15 is 0 Å². The van der Waals surface area contributed by atoms with Gasteiger partial charge in [0.25, 0.3) is 5.91 Å². The fourth-order valence-electron chi connectivity index (χ4n) is 1.75. The van der Waals surface area contributed by atoms with Gasteiger partial charge in [-0.2, -0.15) is 5.10 Å². The van der Waals surface area contributed by atoms with Crippen molar-refractivity contribution in [1.29, 1.82) is 0 Å². The molecule has 2 N–H and O–H groups in total. The van der Waals surface area contributed by atoms with Gasteiger partial charge in [-0.15, -0.1) is 0 Å². The van der Waals surface area contributed by atoms with Crippen LogP contribution in [0.2, 0.25) is 0 Å². The largest absolute Gasteiger partial charge is 0.350 e. The summed E-state index contributed by atoms with van der Waals surface area (Å²) in [7, 11) is 0. The molecule has 0 fully saturated rings. The van der Waals surface area contributed by atoms with E-state index in [-0.39, 0.29) is 5.91 Å². The van der Waals surface area contributed by atoms with E-state index in [2.05, 4.69) is 25.5 Å². The van der Waals surface area contributed by atoms with Crippen molar-refractivity contribution < 1.29 is 4.79 Å². The summed E-state index contributed by atoms with van der Waals surface area (Å²) in [4.78, 5) is 19.5. The van der Waals surface area contributed by atoms with E-state index in [1.807, 2.05) is 13.8 Å². The molecule has 0 aromatic carbocycles. The number of nitrogens with zero attached hydrogens (tertiary/aromatic N) is 3. The topological polar surface area (TPSA) is 83.6 Å². The lowest BCUT2D eigenvalue weighted by Gasteiger charge is -2.04. The first-order valence-electron chi connectivity index (χ1n) is 5.73. The number of aromatic amines is 1. The highest BCUT2D eigenvalue weighted by Gasteiger charge is 2.08. The second kappa shape index (κ2) is 5.39. The van der Waals surface area contributed by atoms with Crippen molar-refractivity contribution >= 4 is 5.91 Å². The van der Waals surface area contributed by atoms with Gasteiger partial charge in [0.2, 0.25) is 0 Å². The minimum atomic E-state index is -0.207. The summed E-state index contributed by atoms with van der Waals surface area (Å²) in [6, 6.07) is 0. The standard InChI is InChI=1S/C12H15N5O/c1-8-10(9(2)17-16-8)3-4-15-12(18)11-7-13-5-6-14-11/h5-7H,3-4H2,1-2H3,(H,15,18)(H,16,17). The zero-order valence-electron chi connectivity index (χ0n) is 10.4. The van der Waals surface area contributed by atoms with Crippen molar-refractivity contribution in [3.05, 3.63) is 41.2 Å². The van der Waals surface area contributed by atoms with E-state index < -0.39 is 0 Å². The molecule has 0 atom stereocenters. The number of carbonyl (C=O) groups excluding carboxylic acids is 1. The lowest BCUT2D eigenvalue weighted by Crippen LogP contribution is -2.26. The molecule has 6 nitrogen and oxygen atoms in total. The summed E-state index contributed by atoms with van der Waals surface area (Å²) in [6.45, 7) is 4.47. The molecule has 2 aromatic heterocycles. The van der Waals surface area contributed by atoms with Crippen LogP contribution >= 0.6 is 0 Å². The molecular weight excluding hydrogens is 230 g/mol. The van der Waals surface area contributed by atoms with Gasteiger partial charge in [-0.05, 0) is 25.8 Å². The maximum absolute atomic E-state index is 11.7. The van der Waals surface area contributed by atoms with E-state index in [0.717, 1.165) is 23.4 Å². The van der Waals surface area contributed by atoms with Crippen LogP contribution in [0.3, 0.4) is 0 Å². The third kappa shape index (κ3) is 2.71. The molecule has 2 heterocycles. The molecule has 0 saturated heterocycles. The minimum absolute atomic E-state index is 0.207. The Kier molecular flexibility index (Phi) is 3.66. The number of carbonyl (C=O) groups is 1. The molecule has 0 saturated carbocycles. The zero-order chi connectivity index (χ0) is 13.0. The Labute approximate surface area is 105 Å². The second-order valence-corrected chi connectivity index (χ2v) is 4.01. The molecule has 0 aliphatic rings. The van der Waals surface area contributed by atoms with Gasteiger partial charge in [0, 0.05) is 24.6 Å². The quantitative estimate of drug-likeness (QED) is 0.834. The highest BCUT2D eigenvalue weighted by molar-refractivity contribution is 5.91. The van der Waals surface area contributed by atoms with Crippen LogP contribution in [0, 0.1) is 13.8 Å². The number of H-pyrrole nitrogens is 1. The van der Waals surface area contributed by atoms with E-state index in [9.17, 15) is 4.79 Å². The number of hydrogen-bond acceptors (Lipinski definition) is 4. The van der Waals surface area contributed by atoms with Crippen molar-refractivity contribution in [2.45, 2.75) is 20.3 Å². The first-order chi connectivity index (χ1) is 8.68. The summed E-state index contributed by atoms with van der Waals surface area (Å²) >= 11 is 0. The highest BCUT2D eigenvalue weighted by atomic mass is 16.1. The predicted octanol–water partition coefficient (Wildman–Crippen LogP) is 0.789. The monoisotopic (exact) mass is 245 g/mol. The molecule has 0 unspecified atom stereocenters. The Balaban J connectivity index is 1.88. The molecule has 0 aliphatic carbocycles. The van der Waals surface area contributed by atoms with Crippen LogP contribution in [0.4, 0.5) is 0 Å². The van der Waals surface area contributed by atoms with Crippen LogP contribution in [0.25, 0.3) is 0 Å². The van der Waals surface area contributed by atoms with E-state index in [1.54, 1.807) is 0 Å². The number of aromatic nitrogens is 4. The molecule has 2 aromatic rings. The molecule has 94 valence electrons. The van der Waals surface area contributed by atoms with Gasteiger partial charge < -0.3 is 5.32 Å². The van der Waals surface area contributed by atoms with Gasteiger partial charge in [-0.3, -0.25) is 14.9 Å². The summed E-state index contributed by atoms with van der Waals surface area (Å²) in [5.74, 6) is -0.207. The van der Waals surface area contributed by atoms with Crippen LogP contribution < -0.4 is 5.32 Å². The second-order valence-electron chi connectivity index (χ2n) is 4.01. The van der Waals surface area contributed by atoms with Crippen molar-refractivity contribution in [3.63, 3.8) is 0 Å². The van der Waals surface area contributed by atoms with Crippen molar-refractivity contribution in [3.8, 4) is 0 Å². The summed E-state index contributed by atoms with van der Waals surface area (Å²) < 4.78 is 0. The Hall–Kier alpha value is -2.24. The number of amides is 1. The smallest absolute Gasteiger partial charge is 0.271 e. The van der Waals surface area contributed by atoms with Crippen molar-refractivity contribution in [1.82, 2.24) is 25.5 Å². The van der Waals surface area contributed by atoms with Crippen LogP contribution in [-0.2, 0) is 6.42 Å². The van der Waals surface area contributed by atoms with E-state index in [1.165, 1.54) is 18.6 Å². The maximum atomic E-state index is 11.7. The SMILES string of the molecule is Cc1n[nH]c(C)c1CCNC(=O)c1cnccn1. The highest BCUT2D eigenvalue weighted by Crippen LogP contribution is 2.09. The molecule has 0 radical (unpaired) electrons. The van der Waals surface area contributed by atoms with Crippen molar-refractivity contribution in [2.75, 3.05) is 6.54 Å². The first-order valence-corrected chi connectivity index (χ1v) is 5.73. The minimum Gasteiger partial charge on any atom is -0.350 e. The van der Waals surface area contributed by atoms with Gasteiger partial charge >= 0.3 is 0 Å². The molecule has 1 amide bonds. The first kappa shape index (κ1) is 12.2. The molecule has 6 heteroatoms. The maximum Gasteiger partial charge on any atom is 0.271 e. The van der Waals surface area contributed by atoms with Crippen molar-refractivity contribution in [2.24, 2.45) is 0 Å². The third-order valence-corrected chi connectivity index (χ3v) is 2.74. The van der Waals surface area contributed by atoms with Gasteiger partial charge in [0.1, 0.15) is 5.69 Å². The normalized spacial score (nSPS) is 10.3. The third-order valence-electron chi connectivity index (χ3n) is 2.74. The van der Waals surface area contributed by atoms with Gasteiger partial charge in [-0.25, -0.2) is 4.98 Å². The van der Waals surface area contributed by atoms with E-state index in [4.69, 9.17) is 0 Å². The Morgan fingerprint density at radius 3 is 2.83 bits per heavy atom. The van der Waals surface area contributed by atoms with Gasteiger partial charge in [0.15, 0.2) is 0 Å². The van der Waals surface area contributed by atoms with E-state index in [0.29, 0.717) is 12.2 Å². The average molecular weight is 245 g/mol. The summed E-state index contributed by atoms with van der Waals surface area (Å²) in [5, 5.41) is 9.84.